The van der Waals surface area contributed by atoms with Crippen molar-refractivity contribution in [3.8, 4) is 11.5 Å². The maximum Gasteiger partial charge on any atom is 0.295 e. The number of carbonyl (C=O) groups excluding carboxylic acids is 2. The van der Waals surface area contributed by atoms with Crippen LogP contribution in [0.15, 0.2) is 48.3 Å². The highest BCUT2D eigenvalue weighted by molar-refractivity contribution is 6.46. The first kappa shape index (κ1) is 22.4. The second kappa shape index (κ2) is 9.82. The Morgan fingerprint density at radius 2 is 1.71 bits per heavy atom. The number of aliphatic hydroxyl groups is 1. The van der Waals surface area contributed by atoms with E-state index in [1.807, 2.05) is 0 Å². The molecule has 5 rings (SSSR count). The Morgan fingerprint density at radius 3 is 2.47 bits per heavy atom. The third-order valence-electron chi connectivity index (χ3n) is 6.35. The highest BCUT2D eigenvalue weighted by atomic mass is 16.6. The fourth-order valence-corrected chi connectivity index (χ4v) is 4.64. The number of nitrogens with zero attached hydrogens (tertiary/aromatic N) is 3. The minimum atomic E-state index is -0.694. The number of ketones is 1. The average molecular weight is 466 g/mol. The number of aromatic nitrogens is 1. The molecule has 9 nitrogen and oxygen atoms in total. The molecule has 1 aromatic carbocycles. The SMILES string of the molecule is O=C1C(=O)N(CCCN2CCOCC2)C(c2ccncc2)/C1=C(\O)c1ccc2c(c1)OCCO2. The highest BCUT2D eigenvalue weighted by Crippen LogP contribution is 2.41. The summed E-state index contributed by atoms with van der Waals surface area (Å²) in [5.41, 5.74) is 1.19. The predicted molar refractivity (Wildman–Crippen MR) is 123 cm³/mol. The molecule has 3 aliphatic rings. The number of morpholine rings is 1. The van der Waals surface area contributed by atoms with E-state index < -0.39 is 17.7 Å². The molecular formula is C25H27N3O6. The molecule has 4 heterocycles. The van der Waals surface area contributed by atoms with Gasteiger partial charge in [0.1, 0.15) is 19.0 Å². The molecule has 2 saturated heterocycles. The maximum absolute atomic E-state index is 13.2. The molecule has 3 aliphatic heterocycles. The van der Waals surface area contributed by atoms with E-state index in [0.717, 1.165) is 25.2 Å². The average Bonchev–Trinajstić information content (AvgIpc) is 3.14. The molecule has 0 bridgehead atoms. The summed E-state index contributed by atoms with van der Waals surface area (Å²) >= 11 is 0. The Balaban J connectivity index is 1.46. The Kier molecular flexibility index (Phi) is 6.46. The van der Waals surface area contributed by atoms with Crippen molar-refractivity contribution in [2.45, 2.75) is 12.5 Å². The molecule has 1 unspecified atom stereocenters. The lowest BCUT2D eigenvalue weighted by atomic mass is 9.95. The van der Waals surface area contributed by atoms with Crippen LogP contribution in [0, 0.1) is 0 Å². The van der Waals surface area contributed by atoms with E-state index in [2.05, 4.69) is 9.88 Å². The number of likely N-dealkylation sites (tertiary alicyclic amines) is 1. The smallest absolute Gasteiger partial charge is 0.295 e. The van der Waals surface area contributed by atoms with Crippen LogP contribution in [0.4, 0.5) is 0 Å². The third kappa shape index (κ3) is 4.36. The number of hydrogen-bond donors (Lipinski definition) is 1. The minimum Gasteiger partial charge on any atom is -0.507 e. The first-order valence-corrected chi connectivity index (χ1v) is 11.5. The lowest BCUT2D eigenvalue weighted by molar-refractivity contribution is -0.140. The number of benzene rings is 1. The summed E-state index contributed by atoms with van der Waals surface area (Å²) in [5.74, 6) is -0.455. The van der Waals surface area contributed by atoms with Crippen molar-refractivity contribution in [3.05, 3.63) is 59.4 Å². The summed E-state index contributed by atoms with van der Waals surface area (Å²) < 4.78 is 16.6. The largest absolute Gasteiger partial charge is 0.507 e. The molecule has 0 aliphatic carbocycles. The molecule has 1 amide bonds. The van der Waals surface area contributed by atoms with E-state index in [1.165, 1.54) is 0 Å². The van der Waals surface area contributed by atoms with Gasteiger partial charge < -0.3 is 24.2 Å². The van der Waals surface area contributed by atoms with Crippen LogP contribution < -0.4 is 9.47 Å². The summed E-state index contributed by atoms with van der Waals surface area (Å²) in [6.45, 7) is 5.18. The number of rotatable bonds is 6. The van der Waals surface area contributed by atoms with Crippen molar-refractivity contribution in [1.82, 2.24) is 14.8 Å². The zero-order valence-corrected chi connectivity index (χ0v) is 18.8. The molecule has 2 aromatic rings. The number of fused-ring (bicyclic) bond motifs is 1. The molecular weight excluding hydrogens is 438 g/mol. The van der Waals surface area contributed by atoms with Gasteiger partial charge in [-0.1, -0.05) is 0 Å². The van der Waals surface area contributed by atoms with Crippen molar-refractivity contribution in [3.63, 3.8) is 0 Å². The lowest BCUT2D eigenvalue weighted by Crippen LogP contribution is -2.38. The van der Waals surface area contributed by atoms with Crippen molar-refractivity contribution in [1.29, 1.82) is 0 Å². The Labute approximate surface area is 197 Å². The van der Waals surface area contributed by atoms with E-state index in [1.54, 1.807) is 47.6 Å². The predicted octanol–water partition coefficient (Wildman–Crippen LogP) is 2.00. The fraction of sp³-hybridized carbons (Fsp3) is 0.400. The van der Waals surface area contributed by atoms with E-state index >= 15 is 0 Å². The number of amides is 1. The van der Waals surface area contributed by atoms with Gasteiger partial charge in [-0.3, -0.25) is 19.5 Å². The van der Waals surface area contributed by atoms with Gasteiger partial charge in [0.05, 0.1) is 24.8 Å². The number of aliphatic hydroxyl groups excluding tert-OH is 1. The molecule has 0 radical (unpaired) electrons. The van der Waals surface area contributed by atoms with Gasteiger partial charge >= 0.3 is 0 Å². The molecule has 1 atom stereocenters. The minimum absolute atomic E-state index is 0.0688. The van der Waals surface area contributed by atoms with E-state index in [0.29, 0.717) is 56.5 Å². The summed E-state index contributed by atoms with van der Waals surface area (Å²) in [5, 5.41) is 11.2. The van der Waals surface area contributed by atoms with Crippen molar-refractivity contribution in [2.24, 2.45) is 0 Å². The van der Waals surface area contributed by atoms with E-state index in [9.17, 15) is 14.7 Å². The van der Waals surface area contributed by atoms with Crippen LogP contribution in [0.25, 0.3) is 5.76 Å². The molecule has 2 fully saturated rings. The number of hydrogen-bond acceptors (Lipinski definition) is 8. The summed E-state index contributed by atoms with van der Waals surface area (Å²) in [7, 11) is 0. The second-order valence-corrected chi connectivity index (χ2v) is 8.44. The monoisotopic (exact) mass is 465 g/mol. The zero-order chi connectivity index (χ0) is 23.5. The van der Waals surface area contributed by atoms with Crippen LogP contribution >= 0.6 is 0 Å². The van der Waals surface area contributed by atoms with Crippen LogP contribution in [-0.4, -0.2) is 84.2 Å². The van der Waals surface area contributed by atoms with Crippen LogP contribution in [0.2, 0.25) is 0 Å². The summed E-state index contributed by atoms with van der Waals surface area (Å²) in [6.07, 6.45) is 3.94. The summed E-state index contributed by atoms with van der Waals surface area (Å²) in [4.78, 5) is 34.2. The quantitative estimate of drug-likeness (QED) is 0.393. The van der Waals surface area contributed by atoms with Crippen LogP contribution in [0.1, 0.15) is 23.6 Å². The Hall–Kier alpha value is -3.43. The Bertz CT molecular complexity index is 1100. The number of pyridine rings is 1. The number of Topliss-reactive ketones (excluding diaryl/α,β-unsaturated/α-hetero) is 1. The van der Waals surface area contributed by atoms with E-state index in [4.69, 9.17) is 14.2 Å². The van der Waals surface area contributed by atoms with Gasteiger partial charge in [0.2, 0.25) is 0 Å². The van der Waals surface area contributed by atoms with Gasteiger partial charge in [-0.2, -0.15) is 0 Å². The van der Waals surface area contributed by atoms with Crippen LogP contribution in [0.3, 0.4) is 0 Å². The molecule has 1 aromatic heterocycles. The first-order valence-electron chi connectivity index (χ1n) is 11.5. The molecule has 9 heteroatoms. The van der Waals surface area contributed by atoms with Gasteiger partial charge in [-0.05, 0) is 42.3 Å². The lowest BCUT2D eigenvalue weighted by Gasteiger charge is -2.29. The molecule has 0 saturated carbocycles. The third-order valence-corrected chi connectivity index (χ3v) is 6.35. The Morgan fingerprint density at radius 1 is 0.971 bits per heavy atom. The fourth-order valence-electron chi connectivity index (χ4n) is 4.64. The zero-order valence-electron chi connectivity index (χ0n) is 18.8. The molecule has 0 spiro atoms. The second-order valence-electron chi connectivity index (χ2n) is 8.44. The van der Waals surface area contributed by atoms with Gasteiger partial charge in [0.25, 0.3) is 11.7 Å². The van der Waals surface area contributed by atoms with Crippen molar-refractivity contribution in [2.75, 3.05) is 52.6 Å². The highest BCUT2D eigenvalue weighted by Gasteiger charge is 2.45. The molecule has 1 N–H and O–H groups in total. The summed E-state index contributed by atoms with van der Waals surface area (Å²) in [6, 6.07) is 7.84. The van der Waals surface area contributed by atoms with Gasteiger partial charge in [-0.25, -0.2) is 0 Å². The van der Waals surface area contributed by atoms with Crippen molar-refractivity contribution < 1.29 is 28.9 Å². The van der Waals surface area contributed by atoms with Gasteiger partial charge in [-0.15, -0.1) is 0 Å². The normalized spacial score (nSPS) is 22.2. The molecule has 178 valence electrons. The maximum atomic E-state index is 13.2. The van der Waals surface area contributed by atoms with Crippen molar-refractivity contribution >= 4 is 17.4 Å². The molecule has 34 heavy (non-hydrogen) atoms. The topological polar surface area (TPSA) is 101 Å². The number of carbonyl (C=O) groups is 2. The van der Waals surface area contributed by atoms with Crippen LogP contribution in [-0.2, 0) is 14.3 Å². The first-order chi connectivity index (χ1) is 16.6. The van der Waals surface area contributed by atoms with Crippen LogP contribution in [0.5, 0.6) is 11.5 Å². The van der Waals surface area contributed by atoms with Gasteiger partial charge in [0, 0.05) is 44.1 Å². The van der Waals surface area contributed by atoms with Gasteiger partial charge in [0.15, 0.2) is 11.5 Å². The number of ether oxygens (including phenoxy) is 3. The van der Waals surface area contributed by atoms with E-state index in [-0.39, 0.29) is 11.3 Å². The standard InChI is InChI=1S/C25H27N3O6/c29-23(18-2-3-19-20(16-18)34-15-14-33-19)21-22(17-4-6-26-7-5-17)28(25(31)24(21)30)9-1-8-27-10-12-32-13-11-27/h2-7,16,22,29H,1,8-15H2/b23-21+.